The van der Waals surface area contributed by atoms with Crippen LogP contribution in [0.4, 0.5) is 4.79 Å². The number of carbonyl (C=O) groups is 3. The van der Waals surface area contributed by atoms with Gasteiger partial charge in [-0.1, -0.05) is 68.8 Å². The Bertz CT molecular complexity index is 1050. The fourth-order valence-corrected chi connectivity index (χ4v) is 5.28. The Labute approximate surface area is 206 Å². The van der Waals surface area contributed by atoms with Crippen molar-refractivity contribution in [3.8, 4) is 11.1 Å². The summed E-state index contributed by atoms with van der Waals surface area (Å²) in [6.07, 6.45) is 2.68. The molecule has 7 heteroatoms. The summed E-state index contributed by atoms with van der Waals surface area (Å²) in [7, 11) is 0. The predicted molar refractivity (Wildman–Crippen MR) is 133 cm³/mol. The topological polar surface area (TPSA) is 105 Å². The number of aliphatic carboxylic acids is 1. The van der Waals surface area contributed by atoms with E-state index in [4.69, 9.17) is 4.74 Å². The van der Waals surface area contributed by atoms with Crippen molar-refractivity contribution in [2.75, 3.05) is 13.2 Å². The van der Waals surface area contributed by atoms with Crippen LogP contribution in [0.25, 0.3) is 11.1 Å². The number of nitrogens with one attached hydrogen (secondary N) is 2. The van der Waals surface area contributed by atoms with Crippen LogP contribution in [0.15, 0.2) is 48.5 Å². The van der Waals surface area contributed by atoms with Gasteiger partial charge in [-0.3, -0.25) is 4.79 Å². The van der Waals surface area contributed by atoms with Crippen LogP contribution in [0.3, 0.4) is 0 Å². The maximum absolute atomic E-state index is 12.6. The highest BCUT2D eigenvalue weighted by Crippen LogP contribution is 2.45. The third kappa shape index (κ3) is 5.66. The van der Waals surface area contributed by atoms with Gasteiger partial charge in [-0.2, -0.15) is 0 Å². The maximum Gasteiger partial charge on any atom is 0.407 e. The smallest absolute Gasteiger partial charge is 0.407 e. The molecule has 2 aromatic rings. The first-order valence-electron chi connectivity index (χ1n) is 12.4. The number of alkyl carbamates (subject to hydrolysis) is 1. The molecule has 0 bridgehead atoms. The summed E-state index contributed by atoms with van der Waals surface area (Å²) in [5, 5.41) is 14.9. The van der Waals surface area contributed by atoms with Gasteiger partial charge in [0.05, 0.1) is 0 Å². The fourth-order valence-electron chi connectivity index (χ4n) is 5.28. The summed E-state index contributed by atoms with van der Waals surface area (Å²) >= 11 is 0. The number of hydrogen-bond acceptors (Lipinski definition) is 4. The molecule has 0 aliphatic heterocycles. The lowest BCUT2D eigenvalue weighted by atomic mass is 9.66. The third-order valence-corrected chi connectivity index (χ3v) is 7.24. The molecule has 35 heavy (non-hydrogen) atoms. The van der Waals surface area contributed by atoms with Crippen molar-refractivity contribution in [2.45, 2.75) is 57.9 Å². The number of carboxylic acid groups (broad SMARTS) is 1. The van der Waals surface area contributed by atoms with Crippen LogP contribution in [-0.2, 0) is 14.3 Å². The average Bonchev–Trinajstić information content (AvgIpc) is 3.12. The second kappa shape index (κ2) is 10.5. The van der Waals surface area contributed by atoms with Gasteiger partial charge in [-0.25, -0.2) is 9.59 Å². The zero-order valence-corrected chi connectivity index (χ0v) is 20.4. The number of hydrogen-bond donors (Lipinski definition) is 3. The van der Waals surface area contributed by atoms with E-state index in [2.05, 4.69) is 34.9 Å². The fraction of sp³-hybridized carbons (Fsp3) is 0.464. The highest BCUT2D eigenvalue weighted by molar-refractivity contribution is 5.84. The summed E-state index contributed by atoms with van der Waals surface area (Å²) in [5.74, 6) is -1.16. The molecule has 2 aliphatic carbocycles. The van der Waals surface area contributed by atoms with Gasteiger partial charge in [0.25, 0.3) is 0 Å². The highest BCUT2D eigenvalue weighted by Gasteiger charge is 2.40. The summed E-state index contributed by atoms with van der Waals surface area (Å²) in [6.45, 7) is 4.42. The lowest BCUT2D eigenvalue weighted by Gasteiger charge is -2.41. The van der Waals surface area contributed by atoms with Gasteiger partial charge in [0.15, 0.2) is 0 Å². The van der Waals surface area contributed by atoms with E-state index < -0.39 is 18.1 Å². The molecule has 1 unspecified atom stereocenters. The average molecular weight is 479 g/mol. The zero-order chi connectivity index (χ0) is 25.0. The Balaban J connectivity index is 1.30. The molecule has 0 saturated heterocycles. The van der Waals surface area contributed by atoms with Crippen LogP contribution < -0.4 is 10.6 Å². The van der Waals surface area contributed by atoms with E-state index in [-0.39, 0.29) is 36.2 Å². The number of ether oxygens (including phenoxy) is 1. The van der Waals surface area contributed by atoms with Gasteiger partial charge in [0.2, 0.25) is 5.91 Å². The molecule has 2 aromatic carbocycles. The molecule has 2 aliphatic rings. The van der Waals surface area contributed by atoms with Crippen LogP contribution in [0.2, 0.25) is 0 Å². The summed E-state index contributed by atoms with van der Waals surface area (Å²) < 4.78 is 5.62. The van der Waals surface area contributed by atoms with E-state index in [0.29, 0.717) is 13.0 Å². The Hall–Kier alpha value is -3.35. The number of carbonyl (C=O) groups excluding carboxylic acids is 2. The van der Waals surface area contributed by atoms with Gasteiger partial charge in [-0.15, -0.1) is 0 Å². The minimum Gasteiger partial charge on any atom is -0.480 e. The molecular formula is C28H34N2O5. The van der Waals surface area contributed by atoms with Crippen molar-refractivity contribution < 1.29 is 24.2 Å². The molecule has 0 spiro atoms. The molecule has 4 rings (SSSR count). The molecule has 1 fully saturated rings. The van der Waals surface area contributed by atoms with E-state index >= 15 is 0 Å². The van der Waals surface area contributed by atoms with Gasteiger partial charge in [0, 0.05) is 18.9 Å². The number of fused-ring (bicyclic) bond motifs is 3. The van der Waals surface area contributed by atoms with E-state index in [1.54, 1.807) is 0 Å². The molecule has 0 radical (unpaired) electrons. The maximum atomic E-state index is 12.6. The normalized spacial score (nSPS) is 16.5. The standard InChI is InChI=1S/C28H34N2O5/c1-18(2)14-24(26(32)33)30-25(31)15-28(12-7-13-28)17-29-27(34)35-16-23-21-10-5-3-8-19(21)20-9-4-6-11-22(20)23/h3-6,8-11,18,23-24H,7,12-17H2,1-2H3,(H,29,34)(H,30,31)(H,32,33). The van der Waals surface area contributed by atoms with Crippen molar-refractivity contribution in [1.29, 1.82) is 0 Å². The van der Waals surface area contributed by atoms with Crippen LogP contribution in [0.1, 0.15) is 63.0 Å². The van der Waals surface area contributed by atoms with E-state index in [1.165, 1.54) is 11.1 Å². The highest BCUT2D eigenvalue weighted by atomic mass is 16.5. The molecule has 0 heterocycles. The van der Waals surface area contributed by atoms with Gasteiger partial charge in [0.1, 0.15) is 12.6 Å². The molecule has 1 atom stereocenters. The third-order valence-electron chi connectivity index (χ3n) is 7.24. The second-order valence-corrected chi connectivity index (χ2v) is 10.3. The first-order valence-corrected chi connectivity index (χ1v) is 12.4. The summed E-state index contributed by atoms with van der Waals surface area (Å²) in [5.41, 5.74) is 4.31. The number of amides is 2. The SMILES string of the molecule is CC(C)CC(NC(=O)CC1(CNC(=O)OCC2c3ccccc3-c3ccccc32)CCC1)C(=O)O. The predicted octanol–water partition coefficient (Wildman–Crippen LogP) is 4.70. The van der Waals surface area contributed by atoms with Gasteiger partial charge >= 0.3 is 12.1 Å². The van der Waals surface area contributed by atoms with Gasteiger partial charge < -0.3 is 20.5 Å². The van der Waals surface area contributed by atoms with Gasteiger partial charge in [-0.05, 0) is 52.8 Å². The largest absolute Gasteiger partial charge is 0.480 e. The minimum atomic E-state index is -1.02. The molecule has 186 valence electrons. The minimum absolute atomic E-state index is 0.00880. The molecule has 7 nitrogen and oxygen atoms in total. The molecule has 2 amide bonds. The quantitative estimate of drug-likeness (QED) is 0.459. The lowest BCUT2D eigenvalue weighted by Crippen LogP contribution is -2.48. The van der Waals surface area contributed by atoms with Crippen LogP contribution in [0, 0.1) is 11.3 Å². The molecule has 1 saturated carbocycles. The van der Waals surface area contributed by atoms with Crippen molar-refractivity contribution in [2.24, 2.45) is 11.3 Å². The molecule has 0 aromatic heterocycles. The van der Waals surface area contributed by atoms with Crippen LogP contribution >= 0.6 is 0 Å². The first-order chi connectivity index (χ1) is 16.8. The Morgan fingerprint density at radius 3 is 2.14 bits per heavy atom. The first kappa shape index (κ1) is 24.8. The second-order valence-electron chi connectivity index (χ2n) is 10.3. The summed E-state index contributed by atoms with van der Waals surface area (Å²) in [6, 6.07) is 15.5. The van der Waals surface area contributed by atoms with Crippen LogP contribution in [0.5, 0.6) is 0 Å². The zero-order valence-electron chi connectivity index (χ0n) is 20.4. The Kier molecular flexibility index (Phi) is 7.43. The van der Waals surface area contributed by atoms with Crippen molar-refractivity contribution in [3.63, 3.8) is 0 Å². The Morgan fingerprint density at radius 1 is 1.03 bits per heavy atom. The number of rotatable bonds is 10. The molecular weight excluding hydrogens is 444 g/mol. The van der Waals surface area contributed by atoms with Crippen molar-refractivity contribution in [1.82, 2.24) is 10.6 Å². The van der Waals surface area contributed by atoms with E-state index in [0.717, 1.165) is 30.4 Å². The van der Waals surface area contributed by atoms with Crippen LogP contribution in [-0.4, -0.2) is 42.3 Å². The van der Waals surface area contributed by atoms with E-state index in [1.807, 2.05) is 38.1 Å². The Morgan fingerprint density at radius 2 is 1.63 bits per heavy atom. The summed E-state index contributed by atoms with van der Waals surface area (Å²) in [4.78, 5) is 36.7. The number of benzene rings is 2. The van der Waals surface area contributed by atoms with E-state index in [9.17, 15) is 19.5 Å². The number of carboxylic acids is 1. The van der Waals surface area contributed by atoms with Crippen molar-refractivity contribution >= 4 is 18.0 Å². The lowest BCUT2D eigenvalue weighted by molar-refractivity contribution is -0.142. The molecule has 3 N–H and O–H groups in total. The van der Waals surface area contributed by atoms with Crippen molar-refractivity contribution in [3.05, 3.63) is 59.7 Å². The monoisotopic (exact) mass is 478 g/mol.